The molecule has 0 saturated heterocycles. The van der Waals surface area contributed by atoms with Crippen molar-refractivity contribution in [2.45, 2.75) is 46.1 Å². The number of rotatable bonds is 6. The highest BCUT2D eigenvalue weighted by Crippen LogP contribution is 2.27. The summed E-state index contributed by atoms with van der Waals surface area (Å²) in [6.07, 6.45) is 1.63. The van der Waals surface area contributed by atoms with E-state index in [4.69, 9.17) is 5.11 Å². The van der Waals surface area contributed by atoms with Crippen LogP contribution in [0.15, 0.2) is 18.2 Å². The summed E-state index contributed by atoms with van der Waals surface area (Å²) < 4.78 is 1.65. The summed E-state index contributed by atoms with van der Waals surface area (Å²) in [5.41, 5.74) is 3.14. The maximum Gasteiger partial charge on any atom is 0.305 e. The molecule has 1 atom stereocenters. The normalized spacial score (nSPS) is 12.3. The Bertz CT molecular complexity index is 636. The average molecular weight is 288 g/mol. The fourth-order valence-corrected chi connectivity index (χ4v) is 2.44. The van der Waals surface area contributed by atoms with Crippen LogP contribution >= 0.6 is 0 Å². The zero-order valence-electron chi connectivity index (χ0n) is 12.6. The third kappa shape index (κ3) is 3.45. The van der Waals surface area contributed by atoms with Gasteiger partial charge < -0.3 is 5.11 Å². The van der Waals surface area contributed by atoms with E-state index in [9.17, 15) is 4.79 Å². The molecule has 0 aliphatic rings. The highest BCUT2D eigenvalue weighted by Gasteiger charge is 2.21. The quantitative estimate of drug-likeness (QED) is 0.884. The van der Waals surface area contributed by atoms with Crippen molar-refractivity contribution in [1.29, 1.82) is 0 Å². The van der Waals surface area contributed by atoms with Crippen LogP contribution in [0.4, 0.5) is 0 Å². The first-order valence-corrected chi connectivity index (χ1v) is 7.10. The molecule has 1 aromatic heterocycles. The molecule has 2 rings (SSSR count). The molecular weight excluding hydrogens is 268 g/mol. The molecule has 2 aromatic rings. The number of aliphatic carboxylic acids is 1. The van der Waals surface area contributed by atoms with Gasteiger partial charge in [0.15, 0.2) is 5.82 Å². The van der Waals surface area contributed by atoms with E-state index >= 15 is 0 Å². The van der Waals surface area contributed by atoms with Gasteiger partial charge in [-0.2, -0.15) is 0 Å². The minimum absolute atomic E-state index is 0.0245. The van der Waals surface area contributed by atoms with Gasteiger partial charge in [-0.05, 0) is 42.3 Å². The van der Waals surface area contributed by atoms with Crippen LogP contribution in [0.2, 0.25) is 0 Å². The van der Waals surface area contributed by atoms with Crippen LogP contribution in [0.1, 0.15) is 43.4 Å². The van der Waals surface area contributed by atoms with E-state index in [0.717, 1.165) is 29.5 Å². The molecule has 0 radical (unpaired) electrons. The second kappa shape index (κ2) is 6.47. The highest BCUT2D eigenvalue weighted by molar-refractivity contribution is 5.67. The minimum Gasteiger partial charge on any atom is -0.481 e. The molecule has 0 aliphatic carbocycles. The number of carboxylic acid groups (broad SMARTS) is 1. The molecule has 6 heteroatoms. The lowest BCUT2D eigenvalue weighted by atomic mass is 10.0. The molecule has 21 heavy (non-hydrogen) atoms. The minimum atomic E-state index is -0.837. The van der Waals surface area contributed by atoms with Crippen LogP contribution in [0.5, 0.6) is 0 Å². The number of hydrogen-bond acceptors (Lipinski definition) is 4. The number of carbonyl (C=O) groups is 1. The standard InChI is InChI=1S/C15H20N4O2/c1-4-5-12(9-14(20)21)19-15(16-17-18-19)13-8-10(2)6-7-11(13)3/h6-8,12H,4-5,9H2,1-3H3,(H,20,21). The van der Waals surface area contributed by atoms with Crippen LogP contribution in [0.25, 0.3) is 11.4 Å². The molecule has 1 aromatic carbocycles. The number of carboxylic acids is 1. The zero-order valence-corrected chi connectivity index (χ0v) is 12.6. The third-order valence-electron chi connectivity index (χ3n) is 3.50. The predicted molar refractivity (Wildman–Crippen MR) is 78.9 cm³/mol. The van der Waals surface area contributed by atoms with Crippen molar-refractivity contribution in [1.82, 2.24) is 20.2 Å². The second-order valence-corrected chi connectivity index (χ2v) is 5.31. The summed E-state index contributed by atoms with van der Waals surface area (Å²) in [6.45, 7) is 6.04. The van der Waals surface area contributed by atoms with Gasteiger partial charge in [-0.25, -0.2) is 4.68 Å². The lowest BCUT2D eigenvalue weighted by Crippen LogP contribution is -2.16. The van der Waals surface area contributed by atoms with Gasteiger partial charge in [0.25, 0.3) is 0 Å². The monoisotopic (exact) mass is 288 g/mol. The number of tetrazole rings is 1. The average Bonchev–Trinajstić information content (AvgIpc) is 2.89. The summed E-state index contributed by atoms with van der Waals surface area (Å²) in [5, 5.41) is 21.0. The van der Waals surface area contributed by atoms with Gasteiger partial charge in [-0.3, -0.25) is 4.79 Å². The number of hydrogen-bond donors (Lipinski definition) is 1. The Morgan fingerprint density at radius 2 is 2.14 bits per heavy atom. The van der Waals surface area contributed by atoms with E-state index < -0.39 is 5.97 Å². The van der Waals surface area contributed by atoms with Crippen molar-refractivity contribution in [3.8, 4) is 11.4 Å². The van der Waals surface area contributed by atoms with Gasteiger partial charge in [-0.15, -0.1) is 5.10 Å². The molecular formula is C15H20N4O2. The summed E-state index contributed by atoms with van der Waals surface area (Å²) in [7, 11) is 0. The largest absolute Gasteiger partial charge is 0.481 e. The first-order valence-electron chi connectivity index (χ1n) is 7.10. The molecule has 0 spiro atoms. The van der Waals surface area contributed by atoms with Crippen molar-refractivity contribution in [3.63, 3.8) is 0 Å². The molecule has 6 nitrogen and oxygen atoms in total. The molecule has 0 fully saturated rings. The Hall–Kier alpha value is -2.24. The van der Waals surface area contributed by atoms with Gasteiger partial charge in [0.1, 0.15) is 0 Å². The maximum atomic E-state index is 11.1. The van der Waals surface area contributed by atoms with Crippen LogP contribution < -0.4 is 0 Å². The molecule has 0 saturated carbocycles. The number of benzene rings is 1. The van der Waals surface area contributed by atoms with E-state index in [1.807, 2.05) is 39.0 Å². The number of aryl methyl sites for hydroxylation is 2. The SMILES string of the molecule is CCCC(CC(=O)O)n1nnnc1-c1cc(C)ccc1C. The second-order valence-electron chi connectivity index (χ2n) is 5.31. The number of nitrogens with zero attached hydrogens (tertiary/aromatic N) is 4. The molecule has 0 amide bonds. The van der Waals surface area contributed by atoms with Gasteiger partial charge in [0.2, 0.25) is 0 Å². The first kappa shape index (κ1) is 15.2. The molecule has 1 unspecified atom stereocenters. The van der Waals surface area contributed by atoms with E-state index in [2.05, 4.69) is 15.5 Å². The molecule has 0 aliphatic heterocycles. The lowest BCUT2D eigenvalue weighted by molar-refractivity contribution is -0.138. The van der Waals surface area contributed by atoms with Crippen molar-refractivity contribution in [3.05, 3.63) is 29.3 Å². The summed E-state index contributed by atoms with van der Waals surface area (Å²) in [4.78, 5) is 11.1. The molecule has 0 bridgehead atoms. The Morgan fingerprint density at radius 3 is 2.81 bits per heavy atom. The van der Waals surface area contributed by atoms with Gasteiger partial charge in [0.05, 0.1) is 12.5 Å². The van der Waals surface area contributed by atoms with Crippen molar-refractivity contribution in [2.75, 3.05) is 0 Å². The Kier molecular flexibility index (Phi) is 4.67. The summed E-state index contributed by atoms with van der Waals surface area (Å²) in [5.74, 6) is -0.202. The molecule has 112 valence electrons. The van der Waals surface area contributed by atoms with Gasteiger partial charge in [-0.1, -0.05) is 31.0 Å². The van der Waals surface area contributed by atoms with E-state index in [0.29, 0.717) is 5.82 Å². The van der Waals surface area contributed by atoms with E-state index in [-0.39, 0.29) is 12.5 Å². The van der Waals surface area contributed by atoms with Crippen molar-refractivity contribution < 1.29 is 9.90 Å². The van der Waals surface area contributed by atoms with Crippen LogP contribution in [0, 0.1) is 13.8 Å². The Labute approximate surface area is 123 Å². The van der Waals surface area contributed by atoms with E-state index in [1.165, 1.54) is 0 Å². The summed E-state index contributed by atoms with van der Waals surface area (Å²) in [6, 6.07) is 5.86. The van der Waals surface area contributed by atoms with Crippen molar-refractivity contribution in [2.24, 2.45) is 0 Å². The molecule has 1 heterocycles. The van der Waals surface area contributed by atoms with Crippen molar-refractivity contribution >= 4 is 5.97 Å². The Balaban J connectivity index is 2.45. The summed E-state index contributed by atoms with van der Waals surface area (Å²) >= 11 is 0. The maximum absolute atomic E-state index is 11.1. The van der Waals surface area contributed by atoms with Crippen LogP contribution in [0.3, 0.4) is 0 Å². The van der Waals surface area contributed by atoms with Gasteiger partial charge in [0, 0.05) is 5.56 Å². The van der Waals surface area contributed by atoms with Crippen LogP contribution in [-0.4, -0.2) is 31.3 Å². The number of aromatic nitrogens is 4. The molecule has 1 N–H and O–H groups in total. The third-order valence-corrected chi connectivity index (χ3v) is 3.50. The van der Waals surface area contributed by atoms with Gasteiger partial charge >= 0.3 is 5.97 Å². The van der Waals surface area contributed by atoms with Crippen LogP contribution in [-0.2, 0) is 4.79 Å². The van der Waals surface area contributed by atoms with E-state index in [1.54, 1.807) is 4.68 Å². The fourth-order valence-electron chi connectivity index (χ4n) is 2.44. The Morgan fingerprint density at radius 1 is 1.38 bits per heavy atom. The lowest BCUT2D eigenvalue weighted by Gasteiger charge is -2.16. The highest BCUT2D eigenvalue weighted by atomic mass is 16.4. The smallest absolute Gasteiger partial charge is 0.305 e. The first-order chi connectivity index (χ1) is 10.0. The topological polar surface area (TPSA) is 80.9 Å². The predicted octanol–water partition coefficient (Wildman–Crippen LogP) is 2.77. The fraction of sp³-hybridized carbons (Fsp3) is 0.467. The zero-order chi connectivity index (χ0) is 15.4.